The highest BCUT2D eigenvalue weighted by molar-refractivity contribution is 6.32. The van der Waals surface area contributed by atoms with E-state index in [1.807, 2.05) is 43.3 Å². The molecule has 0 aliphatic rings. The molecule has 204 valence electrons. The van der Waals surface area contributed by atoms with Crippen LogP contribution < -0.4 is 15.0 Å². The van der Waals surface area contributed by atoms with E-state index in [9.17, 15) is 9.18 Å². The predicted octanol–water partition coefficient (Wildman–Crippen LogP) is 7.46. The summed E-state index contributed by atoms with van der Waals surface area (Å²) in [5, 5.41) is 6.10. The number of furan rings is 1. The predicted molar refractivity (Wildman–Crippen MR) is 158 cm³/mol. The van der Waals surface area contributed by atoms with Crippen molar-refractivity contribution in [1.29, 1.82) is 0 Å². The molecule has 0 spiro atoms. The van der Waals surface area contributed by atoms with E-state index in [0.717, 1.165) is 10.9 Å². The van der Waals surface area contributed by atoms with E-state index < -0.39 is 0 Å². The number of aromatic nitrogens is 2. The fourth-order valence-electron chi connectivity index (χ4n) is 4.41. The van der Waals surface area contributed by atoms with Crippen molar-refractivity contribution >= 4 is 39.7 Å². The molecule has 0 saturated heterocycles. The second-order valence-corrected chi connectivity index (χ2v) is 9.55. The van der Waals surface area contributed by atoms with Gasteiger partial charge in [-0.05, 0) is 66.6 Å². The van der Waals surface area contributed by atoms with Crippen molar-refractivity contribution in [2.24, 2.45) is 5.10 Å². The van der Waals surface area contributed by atoms with Gasteiger partial charge in [-0.25, -0.2) is 9.37 Å². The van der Waals surface area contributed by atoms with Gasteiger partial charge < -0.3 is 13.9 Å². The summed E-state index contributed by atoms with van der Waals surface area (Å²) < 4.78 is 32.2. The van der Waals surface area contributed by atoms with Crippen LogP contribution in [0.15, 0.2) is 105 Å². The van der Waals surface area contributed by atoms with Crippen LogP contribution >= 0.6 is 11.6 Å². The molecule has 6 rings (SSSR count). The van der Waals surface area contributed by atoms with Crippen molar-refractivity contribution in [2.75, 3.05) is 6.61 Å². The molecule has 0 unspecified atom stereocenters. The minimum Gasteiger partial charge on any atom is -0.490 e. The summed E-state index contributed by atoms with van der Waals surface area (Å²) in [6.07, 6.45) is 1.50. The minimum atomic E-state index is -0.349. The summed E-state index contributed by atoms with van der Waals surface area (Å²) in [6, 6.07) is 25.9. The summed E-state index contributed by atoms with van der Waals surface area (Å²) in [5.41, 5.74) is 2.20. The fraction of sp³-hybridized carbons (Fsp3) is 0.0938. The Labute approximate surface area is 239 Å². The first-order chi connectivity index (χ1) is 20.0. The van der Waals surface area contributed by atoms with Crippen LogP contribution in [-0.2, 0) is 6.61 Å². The Morgan fingerprint density at radius 3 is 2.59 bits per heavy atom. The van der Waals surface area contributed by atoms with Gasteiger partial charge >= 0.3 is 0 Å². The Bertz CT molecular complexity index is 1930. The molecule has 2 aromatic heterocycles. The van der Waals surface area contributed by atoms with E-state index >= 15 is 0 Å². The van der Waals surface area contributed by atoms with Gasteiger partial charge in [0, 0.05) is 5.39 Å². The Hall–Kier alpha value is -4.95. The largest absolute Gasteiger partial charge is 0.490 e. The monoisotopic (exact) mass is 567 g/mol. The van der Waals surface area contributed by atoms with Crippen molar-refractivity contribution in [2.45, 2.75) is 13.5 Å². The molecule has 0 bridgehead atoms. The number of hydrogen-bond donors (Lipinski definition) is 0. The zero-order chi connectivity index (χ0) is 28.3. The van der Waals surface area contributed by atoms with E-state index in [1.165, 1.54) is 23.0 Å². The Morgan fingerprint density at radius 1 is 1.00 bits per heavy atom. The van der Waals surface area contributed by atoms with Gasteiger partial charge in [0.15, 0.2) is 17.3 Å². The number of para-hydroxylation sites is 2. The highest BCUT2D eigenvalue weighted by Gasteiger charge is 2.17. The maximum Gasteiger partial charge on any atom is 0.282 e. The lowest BCUT2D eigenvalue weighted by Gasteiger charge is -2.14. The van der Waals surface area contributed by atoms with E-state index in [4.69, 9.17) is 30.5 Å². The van der Waals surface area contributed by atoms with Crippen LogP contribution in [0, 0.1) is 5.82 Å². The molecule has 0 N–H and O–H groups in total. The summed E-state index contributed by atoms with van der Waals surface area (Å²) in [6.45, 7) is 2.39. The van der Waals surface area contributed by atoms with Crippen LogP contribution in [0.2, 0.25) is 5.02 Å². The van der Waals surface area contributed by atoms with E-state index in [1.54, 1.807) is 42.5 Å². The van der Waals surface area contributed by atoms with Crippen LogP contribution in [-0.4, -0.2) is 22.5 Å². The molecule has 7 nitrogen and oxygen atoms in total. The molecule has 0 aliphatic carbocycles. The second-order valence-electron chi connectivity index (χ2n) is 9.14. The third kappa shape index (κ3) is 5.42. The van der Waals surface area contributed by atoms with Gasteiger partial charge in [0.2, 0.25) is 5.82 Å². The molecule has 9 heteroatoms. The molecule has 0 radical (unpaired) electrons. The van der Waals surface area contributed by atoms with Gasteiger partial charge in [-0.1, -0.05) is 54.1 Å². The van der Waals surface area contributed by atoms with E-state index in [-0.39, 0.29) is 23.8 Å². The molecule has 2 heterocycles. The third-order valence-electron chi connectivity index (χ3n) is 6.35. The number of fused-ring (bicyclic) bond motifs is 2. The van der Waals surface area contributed by atoms with Crippen LogP contribution in [0.1, 0.15) is 18.1 Å². The van der Waals surface area contributed by atoms with Crippen molar-refractivity contribution in [3.8, 4) is 23.1 Å². The van der Waals surface area contributed by atoms with Crippen LogP contribution in [0.3, 0.4) is 0 Å². The number of rotatable bonds is 8. The number of hydrogen-bond acceptors (Lipinski definition) is 6. The highest BCUT2D eigenvalue weighted by atomic mass is 35.5. The highest BCUT2D eigenvalue weighted by Crippen LogP contribution is 2.37. The molecule has 0 aliphatic heterocycles. The average molecular weight is 568 g/mol. The molecule has 41 heavy (non-hydrogen) atoms. The van der Waals surface area contributed by atoms with Gasteiger partial charge in [0.25, 0.3) is 5.56 Å². The Kier molecular flexibility index (Phi) is 7.22. The molecule has 0 fully saturated rings. The molecule has 4 aromatic carbocycles. The SMILES string of the molecule is CCOc1cc(C=Nn2c(-c3cc4ccccc4o3)nc3ccccc3c2=O)cc(Cl)c1OCc1ccc(F)cc1. The zero-order valence-electron chi connectivity index (χ0n) is 21.9. The second kappa shape index (κ2) is 11.3. The van der Waals surface area contributed by atoms with Gasteiger partial charge in [-0.15, -0.1) is 0 Å². The lowest BCUT2D eigenvalue weighted by Crippen LogP contribution is -2.20. The lowest BCUT2D eigenvalue weighted by molar-refractivity contribution is 0.269. The van der Waals surface area contributed by atoms with Gasteiger partial charge in [0.05, 0.1) is 28.7 Å². The first-order valence-electron chi connectivity index (χ1n) is 12.9. The number of halogens is 2. The standard InChI is InChI=1S/C32H23ClFN3O4/c1-2-39-28-16-21(15-25(33)30(28)40-19-20-11-13-23(34)14-12-20)18-35-37-31(29-17-22-7-3-6-10-27(22)41-29)36-26-9-5-4-8-24(26)32(37)38/h3-18H,2,19H2,1H3. The van der Waals surface area contributed by atoms with Crippen molar-refractivity contribution in [1.82, 2.24) is 9.66 Å². The lowest BCUT2D eigenvalue weighted by atomic mass is 10.2. The van der Waals surface area contributed by atoms with Gasteiger partial charge in [0.1, 0.15) is 18.0 Å². The van der Waals surface area contributed by atoms with Crippen molar-refractivity contribution in [3.05, 3.63) is 123 Å². The number of ether oxygens (including phenoxy) is 2. The minimum absolute atomic E-state index is 0.173. The quantitative estimate of drug-likeness (QED) is 0.178. The van der Waals surface area contributed by atoms with E-state index in [0.29, 0.717) is 50.9 Å². The zero-order valence-corrected chi connectivity index (χ0v) is 22.6. The third-order valence-corrected chi connectivity index (χ3v) is 6.63. The van der Waals surface area contributed by atoms with Gasteiger partial charge in [-0.2, -0.15) is 9.78 Å². The molecule has 0 amide bonds. The van der Waals surface area contributed by atoms with E-state index in [2.05, 4.69) is 5.10 Å². The van der Waals surface area contributed by atoms with Gasteiger partial charge in [-0.3, -0.25) is 4.79 Å². The summed E-state index contributed by atoms with van der Waals surface area (Å²) in [4.78, 5) is 18.3. The molecule has 0 saturated carbocycles. The molecule has 6 aromatic rings. The Morgan fingerprint density at radius 2 is 1.78 bits per heavy atom. The van der Waals surface area contributed by atoms with Crippen molar-refractivity contribution < 1.29 is 18.3 Å². The normalized spacial score (nSPS) is 11.5. The maximum absolute atomic E-state index is 13.6. The molecular weight excluding hydrogens is 545 g/mol. The molecular formula is C32H23ClFN3O4. The topological polar surface area (TPSA) is 78.9 Å². The Balaban J connectivity index is 1.39. The molecule has 0 atom stereocenters. The summed E-state index contributed by atoms with van der Waals surface area (Å²) in [7, 11) is 0. The van der Waals surface area contributed by atoms with Crippen LogP contribution in [0.25, 0.3) is 33.5 Å². The summed E-state index contributed by atoms with van der Waals surface area (Å²) >= 11 is 6.60. The first kappa shape index (κ1) is 26.3. The van der Waals surface area contributed by atoms with Crippen LogP contribution in [0.4, 0.5) is 4.39 Å². The number of benzene rings is 4. The van der Waals surface area contributed by atoms with Crippen molar-refractivity contribution in [3.63, 3.8) is 0 Å². The van der Waals surface area contributed by atoms with Crippen LogP contribution in [0.5, 0.6) is 11.5 Å². The number of nitrogens with zero attached hydrogens (tertiary/aromatic N) is 3. The summed E-state index contributed by atoms with van der Waals surface area (Å²) in [5.74, 6) is 1.10. The fourth-order valence-corrected chi connectivity index (χ4v) is 4.68. The smallest absolute Gasteiger partial charge is 0.282 e. The average Bonchev–Trinajstić information content (AvgIpc) is 3.42. The maximum atomic E-state index is 13.6. The first-order valence-corrected chi connectivity index (χ1v) is 13.3.